The molecule has 0 amide bonds. The Morgan fingerprint density at radius 3 is 2.91 bits per heavy atom. The maximum Gasteiger partial charge on any atom is 0.229 e. The zero-order valence-corrected chi connectivity index (χ0v) is 13.4. The van der Waals surface area contributed by atoms with Crippen LogP contribution in [-0.2, 0) is 0 Å². The van der Waals surface area contributed by atoms with Gasteiger partial charge in [0.15, 0.2) is 0 Å². The minimum Gasteiger partial charge on any atom is -0.353 e. The fourth-order valence-electron chi connectivity index (χ4n) is 3.13. The van der Waals surface area contributed by atoms with Crippen LogP contribution in [0.4, 0.5) is 17.5 Å². The first-order valence-electron chi connectivity index (χ1n) is 8.20. The predicted octanol–water partition coefficient (Wildman–Crippen LogP) is 4.30. The summed E-state index contributed by atoms with van der Waals surface area (Å²) in [6.07, 6.45) is 6.87. The third-order valence-electron chi connectivity index (χ3n) is 4.43. The van der Waals surface area contributed by atoms with Crippen molar-refractivity contribution in [2.75, 3.05) is 16.8 Å². The number of aromatic nitrogens is 2. The van der Waals surface area contributed by atoms with Gasteiger partial charge in [-0.25, -0.2) is 4.98 Å². The lowest BCUT2D eigenvalue weighted by Gasteiger charge is -2.36. The molecule has 0 saturated carbocycles. The number of hydrogen-bond acceptors (Lipinski definition) is 4. The van der Waals surface area contributed by atoms with E-state index in [1.54, 1.807) is 0 Å². The number of benzene rings is 1. The van der Waals surface area contributed by atoms with Crippen molar-refractivity contribution in [3.8, 4) is 0 Å². The average Bonchev–Trinajstić information content (AvgIpc) is 2.57. The van der Waals surface area contributed by atoms with Gasteiger partial charge in [-0.2, -0.15) is 4.98 Å². The highest BCUT2D eigenvalue weighted by molar-refractivity contribution is 5.59. The summed E-state index contributed by atoms with van der Waals surface area (Å²) in [7, 11) is 0. The fourth-order valence-corrected chi connectivity index (χ4v) is 3.13. The maximum absolute atomic E-state index is 4.73. The number of nitrogens with one attached hydrogen (secondary N) is 1. The van der Waals surface area contributed by atoms with Crippen LogP contribution >= 0.6 is 0 Å². The molecule has 116 valence electrons. The molecule has 1 atom stereocenters. The van der Waals surface area contributed by atoms with Gasteiger partial charge < -0.3 is 10.2 Å². The Bertz CT molecular complexity index is 626. The number of piperidine rings is 1. The molecule has 1 saturated heterocycles. The largest absolute Gasteiger partial charge is 0.353 e. The van der Waals surface area contributed by atoms with Gasteiger partial charge in [-0.05, 0) is 50.3 Å². The minimum absolute atomic E-state index is 0.606. The molecular weight excluding hydrogens is 272 g/mol. The van der Waals surface area contributed by atoms with Gasteiger partial charge in [-0.1, -0.05) is 25.1 Å². The Morgan fingerprint density at radius 1 is 1.23 bits per heavy atom. The minimum atomic E-state index is 0.606. The van der Waals surface area contributed by atoms with Gasteiger partial charge in [-0.3, -0.25) is 0 Å². The van der Waals surface area contributed by atoms with Crippen LogP contribution in [-0.4, -0.2) is 22.6 Å². The summed E-state index contributed by atoms with van der Waals surface area (Å²) in [5.41, 5.74) is 2.26. The van der Waals surface area contributed by atoms with Gasteiger partial charge in [0.05, 0.1) is 0 Å². The second-order valence-electron chi connectivity index (χ2n) is 5.93. The summed E-state index contributed by atoms with van der Waals surface area (Å²) in [5.74, 6) is 1.71. The molecule has 1 N–H and O–H groups in total. The molecule has 2 aromatic rings. The van der Waals surface area contributed by atoms with E-state index in [1.807, 2.05) is 24.4 Å². The van der Waals surface area contributed by atoms with Crippen LogP contribution in [0, 0.1) is 6.92 Å². The highest BCUT2D eigenvalue weighted by atomic mass is 15.2. The van der Waals surface area contributed by atoms with Crippen LogP contribution in [0.15, 0.2) is 36.5 Å². The van der Waals surface area contributed by atoms with Crippen LogP contribution in [0.25, 0.3) is 0 Å². The smallest absolute Gasteiger partial charge is 0.229 e. The Hall–Kier alpha value is -2.10. The summed E-state index contributed by atoms with van der Waals surface area (Å²) in [4.78, 5) is 11.5. The normalized spacial score (nSPS) is 18.3. The highest BCUT2D eigenvalue weighted by Gasteiger charge is 2.22. The summed E-state index contributed by atoms with van der Waals surface area (Å²) < 4.78 is 0. The van der Waals surface area contributed by atoms with Crippen LogP contribution < -0.4 is 10.2 Å². The molecule has 0 spiro atoms. The van der Waals surface area contributed by atoms with Crippen LogP contribution in [0.5, 0.6) is 0 Å². The molecule has 1 aromatic carbocycles. The van der Waals surface area contributed by atoms with Crippen molar-refractivity contribution in [1.82, 2.24) is 9.97 Å². The van der Waals surface area contributed by atoms with Crippen LogP contribution in [0.1, 0.15) is 38.2 Å². The Morgan fingerprint density at radius 2 is 2.09 bits per heavy atom. The molecular formula is C18H24N4. The average molecular weight is 296 g/mol. The topological polar surface area (TPSA) is 41.1 Å². The van der Waals surface area contributed by atoms with Gasteiger partial charge in [0, 0.05) is 24.5 Å². The summed E-state index contributed by atoms with van der Waals surface area (Å²) >= 11 is 0. The van der Waals surface area contributed by atoms with Crippen molar-refractivity contribution in [2.45, 2.75) is 45.6 Å². The lowest BCUT2D eigenvalue weighted by molar-refractivity contribution is 0.447. The van der Waals surface area contributed by atoms with Crippen molar-refractivity contribution >= 4 is 17.5 Å². The third kappa shape index (κ3) is 3.21. The lowest BCUT2D eigenvalue weighted by atomic mass is 10.0. The zero-order chi connectivity index (χ0) is 15.4. The summed E-state index contributed by atoms with van der Waals surface area (Å²) in [6, 6.07) is 10.8. The molecule has 1 fully saturated rings. The lowest BCUT2D eigenvalue weighted by Crippen LogP contribution is -2.39. The van der Waals surface area contributed by atoms with Gasteiger partial charge in [0.1, 0.15) is 5.82 Å². The fraction of sp³-hybridized carbons (Fsp3) is 0.444. The maximum atomic E-state index is 4.73. The molecule has 4 nitrogen and oxygen atoms in total. The number of rotatable bonds is 4. The van der Waals surface area contributed by atoms with E-state index in [0.717, 1.165) is 18.1 Å². The Kier molecular flexibility index (Phi) is 4.56. The second-order valence-corrected chi connectivity index (χ2v) is 5.93. The van der Waals surface area contributed by atoms with Gasteiger partial charge >= 0.3 is 0 Å². The zero-order valence-electron chi connectivity index (χ0n) is 13.4. The molecule has 1 aliphatic heterocycles. The van der Waals surface area contributed by atoms with E-state index in [4.69, 9.17) is 4.98 Å². The van der Waals surface area contributed by atoms with Gasteiger partial charge in [-0.15, -0.1) is 0 Å². The monoisotopic (exact) mass is 296 g/mol. The van der Waals surface area contributed by atoms with E-state index >= 15 is 0 Å². The van der Waals surface area contributed by atoms with Crippen LogP contribution in [0.2, 0.25) is 0 Å². The molecule has 0 bridgehead atoms. The number of aryl methyl sites for hydroxylation is 1. The molecule has 3 rings (SSSR count). The third-order valence-corrected chi connectivity index (χ3v) is 4.43. The number of hydrogen-bond donors (Lipinski definition) is 1. The van der Waals surface area contributed by atoms with Crippen molar-refractivity contribution in [3.63, 3.8) is 0 Å². The Balaban J connectivity index is 1.82. The van der Waals surface area contributed by atoms with Crippen molar-refractivity contribution < 1.29 is 0 Å². The first-order chi connectivity index (χ1) is 10.8. The molecule has 0 aliphatic carbocycles. The van der Waals surface area contributed by atoms with E-state index in [-0.39, 0.29) is 0 Å². The van der Waals surface area contributed by atoms with E-state index in [1.165, 1.54) is 31.2 Å². The molecule has 4 heteroatoms. The van der Waals surface area contributed by atoms with E-state index in [2.05, 4.69) is 41.2 Å². The molecule has 2 heterocycles. The summed E-state index contributed by atoms with van der Waals surface area (Å²) in [5, 5.41) is 3.34. The van der Waals surface area contributed by atoms with Crippen molar-refractivity contribution in [3.05, 3.63) is 42.1 Å². The number of anilines is 3. The standard InChI is InChI=1S/C18H24N4/c1-3-15-9-6-7-13-22(15)17-11-12-19-18(21-17)20-16-10-5-4-8-14(16)2/h4-5,8,10-12,15H,3,6-7,9,13H2,1-2H3,(H,19,20,21). The predicted molar refractivity (Wildman–Crippen MR) is 91.8 cm³/mol. The molecule has 22 heavy (non-hydrogen) atoms. The SMILES string of the molecule is CCC1CCCCN1c1ccnc(Nc2ccccc2C)n1. The van der Waals surface area contributed by atoms with E-state index < -0.39 is 0 Å². The molecule has 1 unspecified atom stereocenters. The van der Waals surface area contributed by atoms with Crippen molar-refractivity contribution in [2.24, 2.45) is 0 Å². The van der Waals surface area contributed by atoms with E-state index in [9.17, 15) is 0 Å². The Labute approximate surface area is 132 Å². The first kappa shape index (κ1) is 14.8. The molecule has 1 aromatic heterocycles. The highest BCUT2D eigenvalue weighted by Crippen LogP contribution is 2.26. The van der Waals surface area contributed by atoms with Gasteiger partial charge in [0.2, 0.25) is 5.95 Å². The summed E-state index contributed by atoms with van der Waals surface area (Å²) in [6.45, 7) is 5.44. The quantitative estimate of drug-likeness (QED) is 0.913. The van der Waals surface area contributed by atoms with E-state index in [0.29, 0.717) is 12.0 Å². The first-order valence-corrected chi connectivity index (χ1v) is 8.20. The molecule has 1 aliphatic rings. The molecule has 0 radical (unpaired) electrons. The van der Waals surface area contributed by atoms with Crippen molar-refractivity contribution in [1.29, 1.82) is 0 Å². The number of nitrogens with zero attached hydrogens (tertiary/aromatic N) is 3. The van der Waals surface area contributed by atoms with Gasteiger partial charge in [0.25, 0.3) is 0 Å². The van der Waals surface area contributed by atoms with Crippen LogP contribution in [0.3, 0.4) is 0 Å². The number of para-hydroxylation sites is 1. The second kappa shape index (κ2) is 6.77.